The Bertz CT molecular complexity index is 1950. The Morgan fingerprint density at radius 1 is 0.524 bits per heavy atom. The van der Waals surface area contributed by atoms with Gasteiger partial charge in [-0.15, -0.1) is 0 Å². The average Bonchev–Trinajstić information content (AvgIpc) is 3.38. The lowest BCUT2D eigenvalue weighted by molar-refractivity contribution is 0.125. The Kier molecular flexibility index (Phi) is 6.49. The summed E-state index contributed by atoms with van der Waals surface area (Å²) >= 11 is 0. The van der Waals surface area contributed by atoms with Crippen molar-refractivity contribution in [3.63, 3.8) is 0 Å². The van der Waals surface area contributed by atoms with Gasteiger partial charge in [0.1, 0.15) is 5.60 Å². The predicted molar refractivity (Wildman–Crippen MR) is 174 cm³/mol. The second kappa shape index (κ2) is 10.5. The van der Waals surface area contributed by atoms with Gasteiger partial charge in [-0.25, -0.2) is 0 Å². The van der Waals surface area contributed by atoms with E-state index in [-0.39, 0.29) is 0 Å². The number of fused-ring (bicyclic) bond motifs is 3. The van der Waals surface area contributed by atoms with E-state index >= 15 is 0 Å². The van der Waals surface area contributed by atoms with Crippen LogP contribution >= 0.6 is 0 Å². The van der Waals surface area contributed by atoms with Crippen molar-refractivity contribution in [1.29, 1.82) is 0 Å². The summed E-state index contributed by atoms with van der Waals surface area (Å²) < 4.78 is 2.34. The van der Waals surface area contributed by atoms with Gasteiger partial charge in [-0.05, 0) is 71.1 Å². The molecule has 0 radical (unpaired) electrons. The average molecular weight is 544 g/mol. The molecule has 0 spiro atoms. The number of hydrogen-bond donors (Lipinski definition) is 1. The fourth-order valence-corrected chi connectivity index (χ4v) is 6.35. The molecule has 0 amide bonds. The number of nitrogens with zero attached hydrogens (tertiary/aromatic N) is 1. The van der Waals surface area contributed by atoms with Crippen LogP contribution in [-0.2, 0) is 5.60 Å². The van der Waals surface area contributed by atoms with Gasteiger partial charge >= 0.3 is 0 Å². The third-order valence-corrected chi connectivity index (χ3v) is 8.67. The van der Waals surface area contributed by atoms with Crippen molar-refractivity contribution in [2.45, 2.75) is 25.4 Å². The molecule has 42 heavy (non-hydrogen) atoms. The fourth-order valence-electron chi connectivity index (χ4n) is 6.35. The van der Waals surface area contributed by atoms with E-state index in [9.17, 15) is 5.11 Å². The monoisotopic (exact) mass is 543 g/mol. The van der Waals surface area contributed by atoms with Crippen LogP contribution in [0.1, 0.15) is 46.2 Å². The van der Waals surface area contributed by atoms with Gasteiger partial charge in [0.05, 0.1) is 11.0 Å². The Balaban J connectivity index is 1.37. The molecule has 0 saturated heterocycles. The molecule has 0 aliphatic heterocycles. The van der Waals surface area contributed by atoms with Crippen molar-refractivity contribution in [3.05, 3.63) is 185 Å². The van der Waals surface area contributed by atoms with E-state index in [0.717, 1.165) is 22.4 Å². The molecule has 204 valence electrons. The summed E-state index contributed by atoms with van der Waals surface area (Å²) in [4.78, 5) is 0. The van der Waals surface area contributed by atoms with Crippen LogP contribution in [0.15, 0.2) is 152 Å². The van der Waals surface area contributed by atoms with E-state index in [0.29, 0.717) is 5.92 Å². The molecule has 0 fully saturated rings. The van der Waals surface area contributed by atoms with Gasteiger partial charge in [0.15, 0.2) is 0 Å². The summed E-state index contributed by atoms with van der Waals surface area (Å²) in [5.74, 6) is 0.298. The van der Waals surface area contributed by atoms with E-state index in [1.165, 1.54) is 38.5 Å². The smallest absolute Gasteiger partial charge is 0.140 e. The van der Waals surface area contributed by atoms with Crippen molar-refractivity contribution in [2.75, 3.05) is 0 Å². The van der Waals surface area contributed by atoms with Crippen molar-refractivity contribution < 1.29 is 5.11 Å². The number of hydrogen-bond acceptors (Lipinski definition) is 1. The molecule has 1 heterocycles. The summed E-state index contributed by atoms with van der Waals surface area (Å²) in [5, 5.41) is 14.8. The molecular formula is C40H33NO. The van der Waals surface area contributed by atoms with Crippen LogP contribution in [0.4, 0.5) is 0 Å². The van der Waals surface area contributed by atoms with Crippen LogP contribution in [0, 0.1) is 6.92 Å². The predicted octanol–water partition coefficient (Wildman–Crippen LogP) is 9.53. The molecule has 1 atom stereocenters. The molecular weight excluding hydrogens is 510 g/mol. The van der Waals surface area contributed by atoms with Crippen LogP contribution in [-0.4, -0.2) is 9.67 Å². The molecule has 7 rings (SSSR count). The van der Waals surface area contributed by atoms with Crippen molar-refractivity contribution >= 4 is 21.8 Å². The highest BCUT2D eigenvalue weighted by molar-refractivity contribution is 6.09. The molecule has 7 aromatic rings. The number of benzene rings is 6. The minimum absolute atomic E-state index is 0.298. The van der Waals surface area contributed by atoms with E-state index < -0.39 is 5.60 Å². The third kappa shape index (κ3) is 4.32. The first-order valence-corrected chi connectivity index (χ1v) is 14.6. The molecule has 6 aromatic carbocycles. The highest BCUT2D eigenvalue weighted by Crippen LogP contribution is 2.39. The Labute approximate surface area is 247 Å². The minimum atomic E-state index is -1.26. The molecule has 1 unspecified atom stereocenters. The molecule has 0 aliphatic carbocycles. The zero-order chi connectivity index (χ0) is 28.7. The van der Waals surface area contributed by atoms with Gasteiger partial charge in [-0.2, -0.15) is 0 Å². The SMILES string of the molecule is Cc1ccc2c(c1)c1cc(C(C)c3ccccc3)ccc1n2-c1ccc(C(O)(c2ccccc2)c2ccccc2)cc1. The number of aliphatic hydroxyl groups is 1. The first-order chi connectivity index (χ1) is 20.5. The lowest BCUT2D eigenvalue weighted by Crippen LogP contribution is -2.28. The van der Waals surface area contributed by atoms with E-state index in [1.807, 2.05) is 60.7 Å². The van der Waals surface area contributed by atoms with Crippen LogP contribution < -0.4 is 0 Å². The zero-order valence-electron chi connectivity index (χ0n) is 23.9. The lowest BCUT2D eigenvalue weighted by atomic mass is 9.80. The molecule has 1 aromatic heterocycles. The van der Waals surface area contributed by atoms with Crippen LogP contribution in [0.3, 0.4) is 0 Å². The number of rotatable bonds is 6. The van der Waals surface area contributed by atoms with E-state index in [2.05, 4.69) is 109 Å². The normalized spacial score (nSPS) is 12.5. The number of aryl methyl sites for hydroxylation is 1. The molecule has 0 bridgehead atoms. The van der Waals surface area contributed by atoms with Gasteiger partial charge in [0.25, 0.3) is 0 Å². The van der Waals surface area contributed by atoms with Gasteiger partial charge < -0.3 is 9.67 Å². The van der Waals surface area contributed by atoms with Crippen molar-refractivity contribution in [1.82, 2.24) is 4.57 Å². The summed E-state index contributed by atoms with van der Waals surface area (Å²) in [6.07, 6.45) is 0. The van der Waals surface area contributed by atoms with Gasteiger partial charge in [0, 0.05) is 22.4 Å². The van der Waals surface area contributed by atoms with Gasteiger partial charge in [0.2, 0.25) is 0 Å². The molecule has 0 saturated carbocycles. The van der Waals surface area contributed by atoms with Crippen LogP contribution in [0.25, 0.3) is 27.5 Å². The first kappa shape index (κ1) is 26.0. The highest BCUT2D eigenvalue weighted by atomic mass is 16.3. The van der Waals surface area contributed by atoms with Gasteiger partial charge in [-0.3, -0.25) is 0 Å². The molecule has 2 nitrogen and oxygen atoms in total. The topological polar surface area (TPSA) is 25.2 Å². The van der Waals surface area contributed by atoms with Crippen molar-refractivity contribution in [2.24, 2.45) is 0 Å². The lowest BCUT2D eigenvalue weighted by Gasteiger charge is -2.30. The molecule has 2 heteroatoms. The Morgan fingerprint density at radius 2 is 1.02 bits per heavy atom. The third-order valence-electron chi connectivity index (χ3n) is 8.67. The van der Waals surface area contributed by atoms with Gasteiger partial charge in [-0.1, -0.05) is 128 Å². The summed E-state index contributed by atoms with van der Waals surface area (Å²) in [6, 6.07) is 52.5. The molecule has 0 aliphatic rings. The standard InChI is InChI=1S/C40H33NO/c1-28-18-24-38-36(26-28)37-27-31(29(2)30-12-6-3-7-13-30)19-25-39(37)41(38)35-22-20-34(21-23-35)40(42,32-14-8-4-9-15-32)33-16-10-5-11-17-33/h3-27,29,42H,1-2H3. The summed E-state index contributed by atoms with van der Waals surface area (Å²) in [6.45, 7) is 4.43. The largest absolute Gasteiger partial charge is 0.376 e. The number of aromatic nitrogens is 1. The minimum Gasteiger partial charge on any atom is -0.376 e. The Hall–Kier alpha value is -4.92. The highest BCUT2D eigenvalue weighted by Gasteiger charge is 2.33. The maximum atomic E-state index is 12.3. The zero-order valence-corrected chi connectivity index (χ0v) is 23.9. The summed E-state index contributed by atoms with van der Waals surface area (Å²) in [5.41, 5.74) is 8.54. The van der Waals surface area contributed by atoms with Crippen molar-refractivity contribution in [3.8, 4) is 5.69 Å². The fraction of sp³-hybridized carbons (Fsp3) is 0.100. The second-order valence-corrected chi connectivity index (χ2v) is 11.3. The van der Waals surface area contributed by atoms with E-state index in [1.54, 1.807) is 0 Å². The maximum Gasteiger partial charge on any atom is 0.140 e. The Morgan fingerprint density at radius 3 is 1.62 bits per heavy atom. The maximum absolute atomic E-state index is 12.3. The van der Waals surface area contributed by atoms with Crippen LogP contribution in [0.2, 0.25) is 0 Å². The van der Waals surface area contributed by atoms with E-state index in [4.69, 9.17) is 0 Å². The molecule has 1 N–H and O–H groups in total. The summed E-state index contributed by atoms with van der Waals surface area (Å²) in [7, 11) is 0. The first-order valence-electron chi connectivity index (χ1n) is 14.6. The quantitative estimate of drug-likeness (QED) is 0.208. The second-order valence-electron chi connectivity index (χ2n) is 11.3. The van der Waals surface area contributed by atoms with Crippen LogP contribution in [0.5, 0.6) is 0 Å².